The first-order valence-electron chi connectivity index (χ1n) is 8.43. The van der Waals surface area contributed by atoms with Crippen molar-refractivity contribution in [2.75, 3.05) is 11.6 Å². The molecule has 26 heavy (non-hydrogen) atoms. The van der Waals surface area contributed by atoms with E-state index in [1.54, 1.807) is 11.5 Å². The van der Waals surface area contributed by atoms with Crippen LogP contribution in [0.15, 0.2) is 53.0 Å². The fourth-order valence-electron chi connectivity index (χ4n) is 3.67. The van der Waals surface area contributed by atoms with Crippen LogP contribution in [0.25, 0.3) is 10.9 Å². The van der Waals surface area contributed by atoms with E-state index in [9.17, 15) is 4.79 Å². The third-order valence-electron chi connectivity index (χ3n) is 4.70. The van der Waals surface area contributed by atoms with Crippen LogP contribution < -0.4 is 10.4 Å². The molecule has 1 unspecified atom stereocenters. The van der Waals surface area contributed by atoms with E-state index in [0.29, 0.717) is 13.0 Å². The predicted octanol–water partition coefficient (Wildman–Crippen LogP) is 4.39. The molecule has 0 amide bonds. The van der Waals surface area contributed by atoms with Gasteiger partial charge in [-0.2, -0.15) is 5.26 Å². The molecule has 1 aliphatic heterocycles. The molecule has 5 nitrogen and oxygen atoms in total. The largest absolute Gasteiger partial charge is 0.291 e. The lowest BCUT2D eigenvalue weighted by atomic mass is 9.99. The first-order chi connectivity index (χ1) is 12.6. The summed E-state index contributed by atoms with van der Waals surface area (Å²) in [6.07, 6.45) is 0.370. The quantitative estimate of drug-likeness (QED) is 0.697. The number of fused-ring (bicyclic) bond motifs is 3. The van der Waals surface area contributed by atoms with Crippen molar-refractivity contribution < 1.29 is 4.79 Å². The number of hydrogen-bond donors (Lipinski definition) is 1. The molecule has 0 saturated heterocycles. The highest BCUT2D eigenvalue weighted by molar-refractivity contribution is 9.10. The number of hydrogen-bond acceptors (Lipinski definition) is 4. The fraction of sp³-hybridized carbons (Fsp3) is 0.200. The molecule has 0 bridgehead atoms. The zero-order chi connectivity index (χ0) is 18.3. The Morgan fingerprint density at radius 3 is 2.69 bits per heavy atom. The van der Waals surface area contributed by atoms with Crippen molar-refractivity contribution >= 4 is 38.6 Å². The van der Waals surface area contributed by atoms with Gasteiger partial charge < -0.3 is 0 Å². The van der Waals surface area contributed by atoms with Gasteiger partial charge in [0.25, 0.3) is 0 Å². The van der Waals surface area contributed by atoms with Crippen LogP contribution in [0, 0.1) is 11.3 Å². The molecule has 130 valence electrons. The highest BCUT2D eigenvalue weighted by Gasteiger charge is 2.37. The van der Waals surface area contributed by atoms with Crippen LogP contribution in [0.5, 0.6) is 0 Å². The van der Waals surface area contributed by atoms with Gasteiger partial charge in [-0.1, -0.05) is 52.3 Å². The van der Waals surface area contributed by atoms with Gasteiger partial charge in [0.05, 0.1) is 24.0 Å². The number of halogens is 1. The van der Waals surface area contributed by atoms with Crippen LogP contribution >= 0.6 is 15.9 Å². The Morgan fingerprint density at radius 2 is 1.96 bits per heavy atom. The van der Waals surface area contributed by atoms with Gasteiger partial charge in [-0.3, -0.25) is 14.4 Å². The van der Waals surface area contributed by atoms with E-state index in [2.05, 4.69) is 33.5 Å². The number of nitrogens with zero attached hydrogens (tertiary/aromatic N) is 3. The van der Waals surface area contributed by atoms with E-state index in [1.807, 2.05) is 47.5 Å². The molecule has 4 rings (SSSR count). The predicted molar refractivity (Wildman–Crippen MR) is 105 cm³/mol. The van der Waals surface area contributed by atoms with Gasteiger partial charge in [0, 0.05) is 28.9 Å². The van der Waals surface area contributed by atoms with E-state index < -0.39 is 0 Å². The van der Waals surface area contributed by atoms with Crippen molar-refractivity contribution in [3.63, 3.8) is 0 Å². The molecule has 2 heterocycles. The zero-order valence-corrected chi connectivity index (χ0v) is 15.8. The van der Waals surface area contributed by atoms with Crippen molar-refractivity contribution in [3.05, 3.63) is 64.1 Å². The average molecular weight is 409 g/mol. The molecule has 1 aromatic heterocycles. The number of anilines is 1. The van der Waals surface area contributed by atoms with Gasteiger partial charge in [-0.25, -0.2) is 5.43 Å². The number of nitrogens with one attached hydrogen (secondary N) is 1. The number of carbonyl (C=O) groups is 1. The minimum Gasteiger partial charge on any atom is -0.291 e. The average Bonchev–Trinajstić information content (AvgIpc) is 3.16. The third-order valence-corrected chi connectivity index (χ3v) is 5.42. The third kappa shape index (κ3) is 2.52. The van der Waals surface area contributed by atoms with E-state index in [-0.39, 0.29) is 11.9 Å². The van der Waals surface area contributed by atoms with Gasteiger partial charge in [0.2, 0.25) is 5.91 Å². The summed E-state index contributed by atoms with van der Waals surface area (Å²) in [7, 11) is 0. The standard InChI is InChI=1S/C20H17BrN4O/c1-13(26)25-17-10-5-3-8-15(17)18-19(14-7-2-4-9-16(14)21)23-24(20(18)25)12-6-11-22/h2-5,7-10,19,23H,6,12H2,1H3. The highest BCUT2D eigenvalue weighted by Crippen LogP contribution is 2.45. The molecule has 0 fully saturated rings. The lowest BCUT2D eigenvalue weighted by Crippen LogP contribution is -2.37. The minimum atomic E-state index is -0.0928. The second kappa shape index (κ2) is 6.60. The molecule has 6 heteroatoms. The van der Waals surface area contributed by atoms with Crippen LogP contribution in [-0.4, -0.2) is 17.0 Å². The van der Waals surface area contributed by atoms with Gasteiger partial charge in [-0.15, -0.1) is 0 Å². The summed E-state index contributed by atoms with van der Waals surface area (Å²) in [5.41, 5.74) is 6.56. The normalized spacial score (nSPS) is 15.9. The summed E-state index contributed by atoms with van der Waals surface area (Å²) in [6, 6.07) is 18.1. The highest BCUT2D eigenvalue weighted by atomic mass is 79.9. The minimum absolute atomic E-state index is 0.0426. The van der Waals surface area contributed by atoms with Crippen LogP contribution in [-0.2, 0) is 0 Å². The van der Waals surface area contributed by atoms with Gasteiger partial charge in [0.1, 0.15) is 5.82 Å². The SMILES string of the molecule is CC(=O)n1c2c(c3ccccc31)C(c1ccccc1Br)NN2CCC#N. The number of hydrazine groups is 1. The van der Waals surface area contributed by atoms with Crippen molar-refractivity contribution in [3.8, 4) is 6.07 Å². The van der Waals surface area contributed by atoms with Crippen molar-refractivity contribution in [1.82, 2.24) is 9.99 Å². The first-order valence-corrected chi connectivity index (χ1v) is 9.22. The number of aromatic nitrogens is 1. The Labute approximate surface area is 159 Å². The van der Waals surface area contributed by atoms with E-state index in [4.69, 9.17) is 5.26 Å². The lowest BCUT2D eigenvalue weighted by Gasteiger charge is -2.22. The van der Waals surface area contributed by atoms with Gasteiger partial charge in [0.15, 0.2) is 0 Å². The second-order valence-electron chi connectivity index (χ2n) is 6.25. The Balaban J connectivity index is 2.00. The molecule has 3 aromatic rings. The number of nitriles is 1. The molecule has 1 aliphatic rings. The summed E-state index contributed by atoms with van der Waals surface area (Å²) < 4.78 is 2.75. The molecule has 0 spiro atoms. The van der Waals surface area contributed by atoms with Crippen LogP contribution in [0.2, 0.25) is 0 Å². The number of rotatable bonds is 3. The van der Waals surface area contributed by atoms with E-state index in [1.165, 1.54) is 0 Å². The molecular weight excluding hydrogens is 392 g/mol. The molecule has 2 aromatic carbocycles. The maximum Gasteiger partial charge on any atom is 0.229 e. The van der Waals surface area contributed by atoms with E-state index >= 15 is 0 Å². The fourth-order valence-corrected chi connectivity index (χ4v) is 4.18. The summed E-state index contributed by atoms with van der Waals surface area (Å²) in [4.78, 5) is 12.4. The van der Waals surface area contributed by atoms with Gasteiger partial charge in [-0.05, 0) is 17.7 Å². The smallest absolute Gasteiger partial charge is 0.229 e. The van der Waals surface area contributed by atoms with Gasteiger partial charge >= 0.3 is 0 Å². The summed E-state index contributed by atoms with van der Waals surface area (Å²) in [5, 5.41) is 12.0. The van der Waals surface area contributed by atoms with Crippen LogP contribution in [0.1, 0.15) is 35.3 Å². The molecule has 0 aliphatic carbocycles. The number of benzene rings is 2. The topological polar surface area (TPSA) is 61.1 Å². The number of para-hydroxylation sites is 1. The Bertz CT molecular complexity index is 1050. The molecule has 0 radical (unpaired) electrons. The van der Waals surface area contributed by atoms with Crippen LogP contribution in [0.3, 0.4) is 0 Å². The summed E-state index contributed by atoms with van der Waals surface area (Å²) in [5.74, 6) is 0.786. The van der Waals surface area contributed by atoms with Crippen molar-refractivity contribution in [2.45, 2.75) is 19.4 Å². The Morgan fingerprint density at radius 1 is 1.23 bits per heavy atom. The summed E-state index contributed by atoms with van der Waals surface area (Å²) in [6.45, 7) is 2.08. The van der Waals surface area contributed by atoms with Crippen molar-refractivity contribution in [1.29, 1.82) is 5.26 Å². The Hall–Kier alpha value is -2.62. The summed E-state index contributed by atoms with van der Waals surface area (Å²) >= 11 is 3.65. The van der Waals surface area contributed by atoms with E-state index in [0.717, 1.165) is 32.3 Å². The maximum absolute atomic E-state index is 12.4. The van der Waals surface area contributed by atoms with Crippen LogP contribution in [0.4, 0.5) is 5.82 Å². The lowest BCUT2D eigenvalue weighted by molar-refractivity contribution is 0.0943. The van der Waals surface area contributed by atoms with Crippen molar-refractivity contribution in [2.24, 2.45) is 0 Å². The zero-order valence-electron chi connectivity index (χ0n) is 14.2. The first kappa shape index (κ1) is 16.8. The maximum atomic E-state index is 12.4. The number of carbonyl (C=O) groups excluding carboxylic acids is 1. The Kier molecular flexibility index (Phi) is 4.27. The molecular formula is C20H17BrN4O. The molecule has 1 atom stereocenters. The molecule has 1 N–H and O–H groups in total. The molecule has 0 saturated carbocycles. The second-order valence-corrected chi connectivity index (χ2v) is 7.11. The monoisotopic (exact) mass is 408 g/mol.